The second-order valence-electron chi connectivity index (χ2n) is 5.94. The van der Waals surface area contributed by atoms with E-state index in [9.17, 15) is 14.4 Å². The van der Waals surface area contributed by atoms with Gasteiger partial charge in [-0.1, -0.05) is 37.6 Å². The molecule has 124 valence electrons. The smallest absolute Gasteiger partial charge is 0.325 e. The lowest BCUT2D eigenvalue weighted by Crippen LogP contribution is -2.42. The summed E-state index contributed by atoms with van der Waals surface area (Å²) < 4.78 is 0. The second-order valence-corrected chi connectivity index (χ2v) is 6.37. The number of nitrogens with one attached hydrogen (secondary N) is 2. The number of hydrogen-bond donors (Lipinski definition) is 2. The van der Waals surface area contributed by atoms with E-state index in [1.165, 1.54) is 0 Å². The fourth-order valence-electron chi connectivity index (χ4n) is 2.41. The van der Waals surface area contributed by atoms with Crippen LogP contribution in [0.2, 0.25) is 5.02 Å². The number of amides is 4. The standard InChI is InChI=1S/C16H20ClN3O3/c1-9(2)14-15(22)20(16(23)19-14)8-13(21)18-10(3)11-4-6-12(17)7-5-11/h4-7,9-10,14H,8H2,1-3H3,(H,18,21)(H,19,23). The molecule has 1 saturated heterocycles. The molecular formula is C16H20ClN3O3. The number of carbonyl (C=O) groups excluding carboxylic acids is 3. The van der Waals surface area contributed by atoms with Crippen LogP contribution >= 0.6 is 11.6 Å². The van der Waals surface area contributed by atoms with E-state index in [-0.39, 0.29) is 30.3 Å². The molecule has 0 radical (unpaired) electrons. The quantitative estimate of drug-likeness (QED) is 0.807. The first kappa shape index (κ1) is 17.3. The van der Waals surface area contributed by atoms with Crippen LogP contribution in [-0.2, 0) is 9.59 Å². The molecule has 2 rings (SSSR count). The van der Waals surface area contributed by atoms with Crippen LogP contribution in [0.5, 0.6) is 0 Å². The molecule has 2 unspecified atom stereocenters. The van der Waals surface area contributed by atoms with Crippen molar-refractivity contribution in [2.45, 2.75) is 32.9 Å². The van der Waals surface area contributed by atoms with Crippen LogP contribution in [0.25, 0.3) is 0 Å². The summed E-state index contributed by atoms with van der Waals surface area (Å²) in [5.74, 6) is -0.771. The van der Waals surface area contributed by atoms with Gasteiger partial charge >= 0.3 is 6.03 Å². The van der Waals surface area contributed by atoms with Crippen molar-refractivity contribution in [3.8, 4) is 0 Å². The van der Waals surface area contributed by atoms with Gasteiger partial charge < -0.3 is 10.6 Å². The summed E-state index contributed by atoms with van der Waals surface area (Å²) in [6.45, 7) is 5.22. The zero-order valence-corrected chi connectivity index (χ0v) is 14.1. The molecule has 1 aliphatic heterocycles. The minimum absolute atomic E-state index is 0.0208. The highest BCUT2D eigenvalue weighted by Gasteiger charge is 2.40. The van der Waals surface area contributed by atoms with Crippen LogP contribution in [0.15, 0.2) is 24.3 Å². The van der Waals surface area contributed by atoms with Crippen molar-refractivity contribution < 1.29 is 14.4 Å². The molecule has 4 amide bonds. The normalized spacial score (nSPS) is 19.0. The van der Waals surface area contributed by atoms with E-state index in [1.54, 1.807) is 12.1 Å². The number of carbonyl (C=O) groups is 3. The van der Waals surface area contributed by atoms with Gasteiger partial charge in [-0.15, -0.1) is 0 Å². The number of hydrogen-bond acceptors (Lipinski definition) is 3. The molecule has 7 heteroatoms. The lowest BCUT2D eigenvalue weighted by molar-refractivity contribution is -0.133. The Hall–Kier alpha value is -2.08. The zero-order valence-electron chi connectivity index (χ0n) is 13.3. The van der Waals surface area contributed by atoms with E-state index in [0.29, 0.717) is 5.02 Å². The van der Waals surface area contributed by atoms with Crippen LogP contribution in [0, 0.1) is 5.92 Å². The maximum atomic E-state index is 12.1. The molecular weight excluding hydrogens is 318 g/mol. The van der Waals surface area contributed by atoms with Crippen molar-refractivity contribution in [1.82, 2.24) is 15.5 Å². The molecule has 0 aromatic heterocycles. The number of halogens is 1. The van der Waals surface area contributed by atoms with Gasteiger partial charge in [0.1, 0.15) is 12.6 Å². The lowest BCUT2D eigenvalue weighted by Gasteiger charge is -2.18. The Morgan fingerprint density at radius 3 is 2.39 bits per heavy atom. The highest BCUT2D eigenvalue weighted by atomic mass is 35.5. The molecule has 2 N–H and O–H groups in total. The van der Waals surface area contributed by atoms with Gasteiger partial charge in [0.25, 0.3) is 5.91 Å². The Labute approximate surface area is 140 Å². The monoisotopic (exact) mass is 337 g/mol. The highest BCUT2D eigenvalue weighted by Crippen LogP contribution is 2.17. The van der Waals surface area contributed by atoms with Gasteiger partial charge in [0.2, 0.25) is 5.91 Å². The van der Waals surface area contributed by atoms with E-state index in [2.05, 4.69) is 10.6 Å². The van der Waals surface area contributed by atoms with Crippen LogP contribution in [-0.4, -0.2) is 35.3 Å². The van der Waals surface area contributed by atoms with Crippen molar-refractivity contribution in [2.75, 3.05) is 6.54 Å². The lowest BCUT2D eigenvalue weighted by atomic mass is 10.1. The van der Waals surface area contributed by atoms with E-state index < -0.39 is 12.1 Å². The van der Waals surface area contributed by atoms with Gasteiger partial charge in [-0.25, -0.2) is 4.79 Å². The second kappa shape index (κ2) is 7.00. The van der Waals surface area contributed by atoms with Crippen molar-refractivity contribution in [3.05, 3.63) is 34.9 Å². The molecule has 1 aliphatic rings. The topological polar surface area (TPSA) is 78.5 Å². The van der Waals surface area contributed by atoms with Crippen LogP contribution in [0.1, 0.15) is 32.4 Å². The third-order valence-corrected chi connectivity index (χ3v) is 4.02. The van der Waals surface area contributed by atoms with Crippen LogP contribution in [0.3, 0.4) is 0 Å². The molecule has 1 aromatic rings. The fourth-order valence-corrected chi connectivity index (χ4v) is 2.53. The van der Waals surface area contributed by atoms with Gasteiger partial charge in [-0.2, -0.15) is 0 Å². The van der Waals surface area contributed by atoms with Crippen molar-refractivity contribution in [1.29, 1.82) is 0 Å². The molecule has 2 atom stereocenters. The summed E-state index contributed by atoms with van der Waals surface area (Å²) in [6, 6.07) is 5.77. The van der Waals surface area contributed by atoms with Crippen LogP contribution < -0.4 is 10.6 Å². The third-order valence-electron chi connectivity index (χ3n) is 3.77. The molecule has 6 nitrogen and oxygen atoms in total. The first-order valence-electron chi connectivity index (χ1n) is 7.46. The summed E-state index contributed by atoms with van der Waals surface area (Å²) in [7, 11) is 0. The number of benzene rings is 1. The summed E-state index contributed by atoms with van der Waals surface area (Å²) in [5, 5.41) is 5.98. The number of rotatable bonds is 5. The maximum absolute atomic E-state index is 12.1. The summed E-state index contributed by atoms with van der Waals surface area (Å²) in [6.07, 6.45) is 0. The number of nitrogens with zero attached hydrogens (tertiary/aromatic N) is 1. The predicted molar refractivity (Wildman–Crippen MR) is 86.9 cm³/mol. The van der Waals surface area contributed by atoms with Crippen molar-refractivity contribution >= 4 is 29.4 Å². The Kier molecular flexibility index (Phi) is 5.26. The van der Waals surface area contributed by atoms with Crippen LogP contribution in [0.4, 0.5) is 4.79 Å². The average Bonchev–Trinajstić information content (AvgIpc) is 2.76. The van der Waals surface area contributed by atoms with Gasteiger partial charge in [-0.05, 0) is 30.5 Å². The molecule has 0 aliphatic carbocycles. The molecule has 1 heterocycles. The first-order chi connectivity index (χ1) is 10.8. The minimum atomic E-state index is -0.566. The number of urea groups is 1. The summed E-state index contributed by atoms with van der Waals surface area (Å²) in [4.78, 5) is 37.0. The van der Waals surface area contributed by atoms with E-state index >= 15 is 0 Å². The Bertz CT molecular complexity index is 616. The molecule has 0 saturated carbocycles. The van der Waals surface area contributed by atoms with Gasteiger partial charge in [0, 0.05) is 5.02 Å². The third kappa shape index (κ3) is 4.01. The molecule has 0 bridgehead atoms. The SMILES string of the molecule is CC(NC(=O)CN1C(=O)NC(C(C)C)C1=O)c1ccc(Cl)cc1. The van der Waals surface area contributed by atoms with Crippen molar-refractivity contribution in [3.63, 3.8) is 0 Å². The summed E-state index contributed by atoms with van der Waals surface area (Å²) >= 11 is 5.83. The first-order valence-corrected chi connectivity index (χ1v) is 7.84. The minimum Gasteiger partial charge on any atom is -0.348 e. The predicted octanol–water partition coefficient (Wildman–Crippen LogP) is 2.09. The summed E-state index contributed by atoms with van der Waals surface area (Å²) in [5.41, 5.74) is 0.889. The van der Waals surface area contributed by atoms with Gasteiger partial charge in [0.05, 0.1) is 6.04 Å². The molecule has 0 spiro atoms. The number of imide groups is 1. The Balaban J connectivity index is 1.95. The Morgan fingerprint density at radius 1 is 1.26 bits per heavy atom. The van der Waals surface area contributed by atoms with E-state index in [1.807, 2.05) is 32.9 Å². The van der Waals surface area contributed by atoms with Gasteiger partial charge in [0.15, 0.2) is 0 Å². The maximum Gasteiger partial charge on any atom is 0.325 e. The highest BCUT2D eigenvalue weighted by molar-refractivity contribution is 6.30. The molecule has 23 heavy (non-hydrogen) atoms. The zero-order chi connectivity index (χ0) is 17.1. The fraction of sp³-hybridized carbons (Fsp3) is 0.438. The van der Waals surface area contributed by atoms with Crippen molar-refractivity contribution in [2.24, 2.45) is 5.92 Å². The average molecular weight is 338 g/mol. The van der Waals surface area contributed by atoms with Gasteiger partial charge in [-0.3, -0.25) is 14.5 Å². The van der Waals surface area contributed by atoms with E-state index in [0.717, 1.165) is 10.5 Å². The molecule has 1 aromatic carbocycles. The Morgan fingerprint density at radius 2 is 1.87 bits per heavy atom. The largest absolute Gasteiger partial charge is 0.348 e. The van der Waals surface area contributed by atoms with E-state index in [4.69, 9.17) is 11.6 Å². The molecule has 1 fully saturated rings.